The molecule has 0 bridgehead atoms. The maximum Gasteiger partial charge on any atom is 0.224 e. The summed E-state index contributed by atoms with van der Waals surface area (Å²) in [5.41, 5.74) is 0.520. The summed E-state index contributed by atoms with van der Waals surface area (Å²) in [6.07, 6.45) is 2.87. The fraction of sp³-hybridized carbons (Fsp3) is 0.400. The molecule has 3 nitrogen and oxygen atoms in total. The van der Waals surface area contributed by atoms with E-state index in [1.165, 1.54) is 0 Å². The molecule has 15 heavy (non-hydrogen) atoms. The van der Waals surface area contributed by atoms with Crippen molar-refractivity contribution in [1.29, 1.82) is 0 Å². The van der Waals surface area contributed by atoms with Gasteiger partial charge in [-0.05, 0) is 30.9 Å². The van der Waals surface area contributed by atoms with Gasteiger partial charge in [-0.3, -0.25) is 4.79 Å². The van der Waals surface area contributed by atoms with Crippen molar-refractivity contribution in [2.24, 2.45) is 5.92 Å². The SMILES string of the molecule is O=C(CC1CC1)Nc1ccc(Cl)nc1Cl. The number of halogens is 2. The first kappa shape index (κ1) is 10.7. The van der Waals surface area contributed by atoms with E-state index in [1.807, 2.05) is 0 Å². The normalized spacial score (nSPS) is 15.1. The van der Waals surface area contributed by atoms with Crippen molar-refractivity contribution in [3.8, 4) is 0 Å². The predicted molar refractivity (Wildman–Crippen MR) is 60.2 cm³/mol. The van der Waals surface area contributed by atoms with Crippen LogP contribution in [0.5, 0.6) is 0 Å². The highest BCUT2D eigenvalue weighted by atomic mass is 35.5. The lowest BCUT2D eigenvalue weighted by molar-refractivity contribution is -0.116. The van der Waals surface area contributed by atoms with Crippen LogP contribution in [0.15, 0.2) is 12.1 Å². The Kier molecular flexibility index (Phi) is 3.12. The lowest BCUT2D eigenvalue weighted by Crippen LogP contribution is -2.12. The Morgan fingerprint density at radius 1 is 1.47 bits per heavy atom. The zero-order valence-corrected chi connectivity index (χ0v) is 9.48. The molecular formula is C10H10Cl2N2O. The quantitative estimate of drug-likeness (QED) is 0.831. The maximum absolute atomic E-state index is 11.5. The molecule has 1 fully saturated rings. The van der Waals surface area contributed by atoms with Crippen molar-refractivity contribution >= 4 is 34.8 Å². The smallest absolute Gasteiger partial charge is 0.224 e. The molecule has 1 aliphatic carbocycles. The fourth-order valence-electron chi connectivity index (χ4n) is 1.29. The topological polar surface area (TPSA) is 42.0 Å². The molecule has 1 N–H and O–H groups in total. The van der Waals surface area contributed by atoms with Crippen molar-refractivity contribution < 1.29 is 4.79 Å². The minimum Gasteiger partial charge on any atom is -0.323 e. The third-order valence-corrected chi connectivity index (χ3v) is 2.76. The number of nitrogens with one attached hydrogen (secondary N) is 1. The van der Waals surface area contributed by atoms with Crippen LogP contribution >= 0.6 is 23.2 Å². The molecule has 1 aliphatic rings. The number of anilines is 1. The number of hydrogen-bond acceptors (Lipinski definition) is 2. The van der Waals surface area contributed by atoms with Crippen LogP contribution in [0.2, 0.25) is 10.3 Å². The van der Waals surface area contributed by atoms with E-state index >= 15 is 0 Å². The number of aromatic nitrogens is 1. The first-order chi connectivity index (χ1) is 7.15. The van der Waals surface area contributed by atoms with Crippen LogP contribution < -0.4 is 5.32 Å². The van der Waals surface area contributed by atoms with E-state index in [0.29, 0.717) is 23.2 Å². The molecule has 0 atom stereocenters. The van der Waals surface area contributed by atoms with Gasteiger partial charge in [-0.15, -0.1) is 0 Å². The Morgan fingerprint density at radius 2 is 2.20 bits per heavy atom. The monoisotopic (exact) mass is 244 g/mol. The minimum atomic E-state index is -0.0106. The molecule has 80 valence electrons. The highest BCUT2D eigenvalue weighted by molar-refractivity contribution is 6.34. The van der Waals surface area contributed by atoms with Gasteiger partial charge in [0.15, 0.2) is 5.15 Å². The number of carbonyl (C=O) groups is 1. The molecule has 0 unspecified atom stereocenters. The lowest BCUT2D eigenvalue weighted by Gasteiger charge is -2.05. The summed E-state index contributed by atoms with van der Waals surface area (Å²) >= 11 is 11.5. The summed E-state index contributed by atoms with van der Waals surface area (Å²) in [7, 11) is 0. The summed E-state index contributed by atoms with van der Waals surface area (Å²) in [5.74, 6) is 0.549. The Balaban J connectivity index is 1.99. The van der Waals surface area contributed by atoms with Crippen LogP contribution in [0.4, 0.5) is 5.69 Å². The second kappa shape index (κ2) is 4.37. The van der Waals surface area contributed by atoms with Crippen LogP contribution in [0.25, 0.3) is 0 Å². The number of hydrogen-bond donors (Lipinski definition) is 1. The third kappa shape index (κ3) is 3.08. The summed E-state index contributed by atoms with van der Waals surface area (Å²) < 4.78 is 0. The van der Waals surface area contributed by atoms with Crippen LogP contribution in [0.3, 0.4) is 0 Å². The van der Waals surface area contributed by atoms with Gasteiger partial charge in [-0.2, -0.15) is 0 Å². The van der Waals surface area contributed by atoms with E-state index < -0.39 is 0 Å². The molecule has 1 heterocycles. The second-order valence-electron chi connectivity index (χ2n) is 3.67. The average molecular weight is 245 g/mol. The first-order valence-corrected chi connectivity index (χ1v) is 5.52. The van der Waals surface area contributed by atoms with Gasteiger partial charge in [-0.25, -0.2) is 4.98 Å². The first-order valence-electron chi connectivity index (χ1n) is 4.77. The Bertz CT molecular complexity index is 391. The van der Waals surface area contributed by atoms with E-state index in [1.54, 1.807) is 12.1 Å². The van der Waals surface area contributed by atoms with E-state index in [4.69, 9.17) is 23.2 Å². The molecule has 0 radical (unpaired) electrons. The van der Waals surface area contributed by atoms with Crippen molar-refractivity contribution in [2.75, 3.05) is 5.32 Å². The molecular weight excluding hydrogens is 235 g/mol. The molecule has 0 aromatic carbocycles. The van der Waals surface area contributed by atoms with Crippen LogP contribution in [0, 0.1) is 5.92 Å². The Labute approximate surface area is 97.8 Å². The van der Waals surface area contributed by atoms with Crippen molar-refractivity contribution in [2.45, 2.75) is 19.3 Å². The number of rotatable bonds is 3. The van der Waals surface area contributed by atoms with Crippen LogP contribution in [-0.4, -0.2) is 10.9 Å². The largest absolute Gasteiger partial charge is 0.323 e. The molecule has 2 rings (SSSR count). The standard InChI is InChI=1S/C10H10Cl2N2O/c11-8-4-3-7(10(12)14-8)13-9(15)5-6-1-2-6/h3-4,6H,1-2,5H2,(H,13,15). The summed E-state index contributed by atoms with van der Waals surface area (Å²) in [6, 6.07) is 3.25. The Morgan fingerprint density at radius 3 is 2.80 bits per heavy atom. The molecule has 1 saturated carbocycles. The van der Waals surface area contributed by atoms with E-state index in [9.17, 15) is 4.79 Å². The zero-order chi connectivity index (χ0) is 10.8. The van der Waals surface area contributed by atoms with E-state index in [0.717, 1.165) is 12.8 Å². The van der Waals surface area contributed by atoms with Gasteiger partial charge < -0.3 is 5.32 Å². The second-order valence-corrected chi connectivity index (χ2v) is 4.41. The average Bonchev–Trinajstić information content (AvgIpc) is 2.94. The highest BCUT2D eigenvalue weighted by Crippen LogP contribution is 2.32. The van der Waals surface area contributed by atoms with E-state index in [2.05, 4.69) is 10.3 Å². The van der Waals surface area contributed by atoms with Gasteiger partial charge >= 0.3 is 0 Å². The summed E-state index contributed by atoms with van der Waals surface area (Å²) in [5, 5.41) is 3.26. The van der Waals surface area contributed by atoms with Crippen molar-refractivity contribution in [3.63, 3.8) is 0 Å². The van der Waals surface area contributed by atoms with Gasteiger partial charge in [0, 0.05) is 6.42 Å². The number of nitrogens with zero attached hydrogens (tertiary/aromatic N) is 1. The summed E-state index contributed by atoms with van der Waals surface area (Å²) in [6.45, 7) is 0. The third-order valence-electron chi connectivity index (χ3n) is 2.26. The lowest BCUT2D eigenvalue weighted by atomic mass is 10.3. The molecule has 1 aromatic rings. The highest BCUT2D eigenvalue weighted by Gasteiger charge is 2.24. The number of amides is 1. The van der Waals surface area contributed by atoms with Gasteiger partial charge in [0.05, 0.1) is 5.69 Å². The zero-order valence-electron chi connectivity index (χ0n) is 7.96. The number of pyridine rings is 1. The van der Waals surface area contributed by atoms with Gasteiger partial charge in [0.2, 0.25) is 5.91 Å². The molecule has 0 saturated heterocycles. The maximum atomic E-state index is 11.5. The molecule has 5 heteroatoms. The molecule has 0 spiro atoms. The minimum absolute atomic E-state index is 0.0106. The van der Waals surface area contributed by atoms with Crippen molar-refractivity contribution in [3.05, 3.63) is 22.4 Å². The van der Waals surface area contributed by atoms with Crippen LogP contribution in [-0.2, 0) is 4.79 Å². The Hall–Kier alpha value is -0.800. The van der Waals surface area contributed by atoms with E-state index in [-0.39, 0.29) is 11.1 Å². The number of carbonyl (C=O) groups excluding carboxylic acids is 1. The molecule has 1 amide bonds. The predicted octanol–water partition coefficient (Wildman–Crippen LogP) is 3.13. The van der Waals surface area contributed by atoms with Gasteiger partial charge in [-0.1, -0.05) is 23.2 Å². The van der Waals surface area contributed by atoms with Crippen molar-refractivity contribution in [1.82, 2.24) is 4.98 Å². The van der Waals surface area contributed by atoms with Gasteiger partial charge in [0.25, 0.3) is 0 Å². The summed E-state index contributed by atoms with van der Waals surface area (Å²) in [4.78, 5) is 15.3. The molecule has 1 aromatic heterocycles. The fourth-order valence-corrected chi connectivity index (χ4v) is 1.68. The van der Waals surface area contributed by atoms with Gasteiger partial charge in [0.1, 0.15) is 5.15 Å². The molecule has 0 aliphatic heterocycles. The van der Waals surface area contributed by atoms with Crippen LogP contribution in [0.1, 0.15) is 19.3 Å².